The molecule has 0 amide bonds. The molecule has 0 radical (unpaired) electrons. The highest BCUT2D eigenvalue weighted by Crippen LogP contribution is 2.22. The Bertz CT molecular complexity index is 399. The first-order valence-electron chi connectivity index (χ1n) is 18.1. The van der Waals surface area contributed by atoms with Crippen molar-refractivity contribution in [2.45, 2.75) is 221 Å². The maximum absolute atomic E-state index is 2.50. The van der Waals surface area contributed by atoms with Crippen molar-refractivity contribution in [3.05, 3.63) is 0 Å². The molecule has 0 N–H and O–H groups in total. The van der Waals surface area contributed by atoms with Crippen molar-refractivity contribution >= 4 is 0 Å². The van der Waals surface area contributed by atoms with Crippen LogP contribution in [-0.2, 0) is 0 Å². The fraction of sp³-hybridized carbons (Fsp3) is 1.00. The Balaban J connectivity index is 3.21. The van der Waals surface area contributed by atoms with Crippen molar-refractivity contribution in [1.29, 1.82) is 0 Å². The molecule has 0 aliphatic rings. The Morgan fingerprint density at radius 2 is 0.514 bits per heavy atom. The molecule has 0 aliphatic heterocycles. The molecule has 0 aliphatic carbocycles. The minimum absolute atomic E-state index is 0.932. The third-order valence-corrected chi connectivity index (χ3v) is 9.29. The van der Waals surface area contributed by atoms with E-state index in [0.717, 1.165) is 17.8 Å². The van der Waals surface area contributed by atoms with Gasteiger partial charge in [0.25, 0.3) is 0 Å². The van der Waals surface area contributed by atoms with E-state index in [1.54, 1.807) is 0 Å². The van der Waals surface area contributed by atoms with Crippen molar-refractivity contribution in [3.8, 4) is 0 Å². The van der Waals surface area contributed by atoms with Crippen LogP contribution in [0.3, 0.4) is 0 Å². The standard InChI is InChI=1S/C37H76/c1-6-8-9-10-11-12-13-14-15-16-17-18-19-20-21-22-23-24-25-26-27-30-36(4)33-29-34-37(5)32-28-31-35(3)7-2/h35-37H,6-34H2,1-5H3. The van der Waals surface area contributed by atoms with Crippen LogP contribution in [0.4, 0.5) is 0 Å². The molecular formula is C37H76. The van der Waals surface area contributed by atoms with Gasteiger partial charge in [-0.25, -0.2) is 0 Å². The number of hydrogen-bond acceptors (Lipinski definition) is 0. The smallest absolute Gasteiger partial charge is 0.0443 e. The van der Waals surface area contributed by atoms with E-state index < -0.39 is 0 Å². The molecule has 0 aromatic heterocycles. The Morgan fingerprint density at radius 3 is 0.811 bits per heavy atom. The summed E-state index contributed by atoms with van der Waals surface area (Å²) in [5.74, 6) is 2.83. The summed E-state index contributed by atoms with van der Waals surface area (Å²) < 4.78 is 0. The lowest BCUT2D eigenvalue weighted by Crippen LogP contribution is -2.00. The van der Waals surface area contributed by atoms with Crippen molar-refractivity contribution in [3.63, 3.8) is 0 Å². The molecule has 0 aromatic carbocycles. The molecule has 37 heavy (non-hydrogen) atoms. The number of rotatable bonds is 31. The molecule has 0 nitrogen and oxygen atoms in total. The second-order valence-corrected chi connectivity index (χ2v) is 13.4. The van der Waals surface area contributed by atoms with E-state index >= 15 is 0 Å². The van der Waals surface area contributed by atoms with Crippen molar-refractivity contribution in [2.75, 3.05) is 0 Å². The summed E-state index contributed by atoms with van der Waals surface area (Å²) in [6.07, 6.45) is 42.6. The van der Waals surface area contributed by atoms with E-state index in [0.29, 0.717) is 0 Å². The third kappa shape index (κ3) is 30.4. The van der Waals surface area contributed by atoms with Gasteiger partial charge in [0.15, 0.2) is 0 Å². The quantitative estimate of drug-likeness (QED) is 0.0797. The van der Waals surface area contributed by atoms with Crippen LogP contribution in [-0.4, -0.2) is 0 Å². The number of unbranched alkanes of at least 4 members (excludes halogenated alkanes) is 20. The second-order valence-electron chi connectivity index (χ2n) is 13.4. The van der Waals surface area contributed by atoms with Crippen LogP contribution in [0.1, 0.15) is 221 Å². The molecule has 0 rings (SSSR count). The molecule has 0 spiro atoms. The molecule has 3 unspecified atom stereocenters. The summed E-state index contributed by atoms with van der Waals surface area (Å²) in [7, 11) is 0. The Morgan fingerprint density at radius 1 is 0.270 bits per heavy atom. The van der Waals surface area contributed by atoms with E-state index in [1.807, 2.05) is 0 Å². The Hall–Kier alpha value is 0. The predicted octanol–water partition coefficient (Wildman–Crippen LogP) is 14.2. The molecule has 0 aromatic rings. The predicted molar refractivity (Wildman–Crippen MR) is 173 cm³/mol. The highest BCUT2D eigenvalue weighted by molar-refractivity contribution is 4.60. The van der Waals surface area contributed by atoms with Gasteiger partial charge in [-0.1, -0.05) is 221 Å². The molecule has 0 bridgehead atoms. The van der Waals surface area contributed by atoms with E-state index in [9.17, 15) is 0 Å². The van der Waals surface area contributed by atoms with E-state index in [1.165, 1.54) is 186 Å². The monoisotopic (exact) mass is 521 g/mol. The van der Waals surface area contributed by atoms with Gasteiger partial charge in [-0.3, -0.25) is 0 Å². The summed E-state index contributed by atoms with van der Waals surface area (Å²) in [6, 6.07) is 0. The van der Waals surface area contributed by atoms with Gasteiger partial charge < -0.3 is 0 Å². The molecule has 0 heteroatoms. The topological polar surface area (TPSA) is 0 Å². The first-order chi connectivity index (χ1) is 18.1. The van der Waals surface area contributed by atoms with Gasteiger partial charge in [0, 0.05) is 0 Å². The summed E-state index contributed by atoms with van der Waals surface area (Å²) in [4.78, 5) is 0. The van der Waals surface area contributed by atoms with Crippen LogP contribution in [0.25, 0.3) is 0 Å². The van der Waals surface area contributed by atoms with Crippen LogP contribution in [0, 0.1) is 17.8 Å². The normalized spacial score (nSPS) is 14.2. The zero-order valence-electron chi connectivity index (χ0n) is 27.2. The summed E-state index contributed by atoms with van der Waals surface area (Å²) in [6.45, 7) is 12.0. The molecule has 3 atom stereocenters. The maximum atomic E-state index is 2.50. The van der Waals surface area contributed by atoms with Gasteiger partial charge in [0.1, 0.15) is 0 Å². The van der Waals surface area contributed by atoms with Gasteiger partial charge in [0.2, 0.25) is 0 Å². The lowest BCUT2D eigenvalue weighted by molar-refractivity contribution is 0.380. The van der Waals surface area contributed by atoms with Gasteiger partial charge in [-0.05, 0) is 17.8 Å². The lowest BCUT2D eigenvalue weighted by Gasteiger charge is -2.15. The minimum Gasteiger partial charge on any atom is -0.0654 e. The Kier molecular flexibility index (Phi) is 30.5. The second kappa shape index (κ2) is 30.5. The lowest BCUT2D eigenvalue weighted by atomic mass is 9.91. The molecule has 224 valence electrons. The number of hydrogen-bond donors (Lipinski definition) is 0. The van der Waals surface area contributed by atoms with Crippen molar-refractivity contribution < 1.29 is 0 Å². The van der Waals surface area contributed by atoms with Crippen molar-refractivity contribution in [1.82, 2.24) is 0 Å². The molecule has 0 saturated carbocycles. The SMILES string of the molecule is CCCCCCCCCCCCCCCCCCCCCCCC(C)CCCC(C)CCCC(C)CC. The van der Waals surface area contributed by atoms with Crippen LogP contribution in [0.15, 0.2) is 0 Å². The summed E-state index contributed by atoms with van der Waals surface area (Å²) in [5, 5.41) is 0. The van der Waals surface area contributed by atoms with Gasteiger partial charge >= 0.3 is 0 Å². The van der Waals surface area contributed by atoms with Crippen LogP contribution in [0.5, 0.6) is 0 Å². The van der Waals surface area contributed by atoms with E-state index in [2.05, 4.69) is 34.6 Å². The third-order valence-electron chi connectivity index (χ3n) is 9.29. The fourth-order valence-corrected chi connectivity index (χ4v) is 6.05. The van der Waals surface area contributed by atoms with E-state index in [4.69, 9.17) is 0 Å². The maximum Gasteiger partial charge on any atom is -0.0443 e. The molecule has 0 heterocycles. The summed E-state index contributed by atoms with van der Waals surface area (Å²) in [5.41, 5.74) is 0. The van der Waals surface area contributed by atoms with Gasteiger partial charge in [-0.2, -0.15) is 0 Å². The minimum atomic E-state index is 0.932. The van der Waals surface area contributed by atoms with Gasteiger partial charge in [-0.15, -0.1) is 0 Å². The first kappa shape index (κ1) is 37.0. The van der Waals surface area contributed by atoms with E-state index in [-0.39, 0.29) is 0 Å². The molecule has 0 fully saturated rings. The molecular weight excluding hydrogens is 444 g/mol. The first-order valence-corrected chi connectivity index (χ1v) is 18.1. The zero-order valence-corrected chi connectivity index (χ0v) is 27.2. The van der Waals surface area contributed by atoms with Crippen molar-refractivity contribution in [2.24, 2.45) is 17.8 Å². The average Bonchev–Trinajstić information content (AvgIpc) is 2.89. The van der Waals surface area contributed by atoms with Crippen LogP contribution < -0.4 is 0 Å². The average molecular weight is 521 g/mol. The molecule has 0 saturated heterocycles. The largest absolute Gasteiger partial charge is 0.0654 e. The Labute approximate surface area is 238 Å². The fourth-order valence-electron chi connectivity index (χ4n) is 6.05. The highest BCUT2D eigenvalue weighted by atomic mass is 14.1. The van der Waals surface area contributed by atoms with Gasteiger partial charge in [0.05, 0.1) is 0 Å². The summed E-state index contributed by atoms with van der Waals surface area (Å²) >= 11 is 0. The van der Waals surface area contributed by atoms with Crippen LogP contribution in [0.2, 0.25) is 0 Å². The zero-order chi connectivity index (χ0) is 27.2. The highest BCUT2D eigenvalue weighted by Gasteiger charge is 2.07. The van der Waals surface area contributed by atoms with Crippen LogP contribution >= 0.6 is 0 Å².